The van der Waals surface area contributed by atoms with Gasteiger partial charge >= 0.3 is 0 Å². The standard InChI is InChI=1S/C14H25N5O2S/c1-15-14(18(3)12-13-6-4-8-17(13)2)16-7-10-19-9-5-11-22(19,20)21/h4,6,8H,5,7,9-12H2,1-3H3,(H,15,16). The van der Waals surface area contributed by atoms with E-state index in [2.05, 4.69) is 20.9 Å². The molecule has 0 saturated carbocycles. The van der Waals surface area contributed by atoms with Crippen LogP contribution in [0.1, 0.15) is 12.1 Å². The molecular formula is C14H25N5O2S. The summed E-state index contributed by atoms with van der Waals surface area (Å²) in [6.07, 6.45) is 2.74. The zero-order valence-electron chi connectivity index (χ0n) is 13.5. The summed E-state index contributed by atoms with van der Waals surface area (Å²) < 4.78 is 27.1. The fourth-order valence-corrected chi connectivity index (χ4v) is 4.13. The fraction of sp³-hybridized carbons (Fsp3) is 0.643. The van der Waals surface area contributed by atoms with Gasteiger partial charge in [-0.05, 0) is 18.6 Å². The second-order valence-corrected chi connectivity index (χ2v) is 7.60. The van der Waals surface area contributed by atoms with E-state index < -0.39 is 10.0 Å². The minimum atomic E-state index is -3.02. The maximum absolute atomic E-state index is 11.7. The smallest absolute Gasteiger partial charge is 0.214 e. The summed E-state index contributed by atoms with van der Waals surface area (Å²) in [7, 11) is 2.69. The van der Waals surface area contributed by atoms with Crippen molar-refractivity contribution < 1.29 is 8.42 Å². The first-order valence-electron chi connectivity index (χ1n) is 7.44. The second-order valence-electron chi connectivity index (χ2n) is 5.51. The van der Waals surface area contributed by atoms with E-state index in [4.69, 9.17) is 0 Å². The number of nitrogens with zero attached hydrogens (tertiary/aromatic N) is 4. The highest BCUT2D eigenvalue weighted by atomic mass is 32.2. The van der Waals surface area contributed by atoms with Crippen LogP contribution in [0.3, 0.4) is 0 Å². The lowest BCUT2D eigenvalue weighted by atomic mass is 10.4. The lowest BCUT2D eigenvalue weighted by molar-refractivity contribution is 0.429. The van der Waals surface area contributed by atoms with Crippen LogP contribution in [-0.4, -0.2) is 67.6 Å². The SMILES string of the molecule is CN=C(NCCN1CCCS1(=O)=O)N(C)Cc1cccn1C. The Labute approximate surface area is 132 Å². The average molecular weight is 327 g/mol. The first-order valence-corrected chi connectivity index (χ1v) is 9.05. The minimum Gasteiger partial charge on any atom is -0.355 e. The van der Waals surface area contributed by atoms with E-state index in [1.165, 1.54) is 5.69 Å². The van der Waals surface area contributed by atoms with Crippen molar-refractivity contribution in [1.82, 2.24) is 19.1 Å². The van der Waals surface area contributed by atoms with E-state index in [0.717, 1.165) is 18.9 Å². The molecule has 0 aromatic carbocycles. The van der Waals surface area contributed by atoms with Crippen molar-refractivity contribution in [1.29, 1.82) is 0 Å². The highest BCUT2D eigenvalue weighted by molar-refractivity contribution is 7.89. The van der Waals surface area contributed by atoms with E-state index in [-0.39, 0.29) is 5.75 Å². The van der Waals surface area contributed by atoms with E-state index >= 15 is 0 Å². The molecule has 124 valence electrons. The van der Waals surface area contributed by atoms with Gasteiger partial charge in [-0.3, -0.25) is 4.99 Å². The molecular weight excluding hydrogens is 302 g/mol. The van der Waals surface area contributed by atoms with Gasteiger partial charge in [0.15, 0.2) is 5.96 Å². The number of aliphatic imine (C=N–C) groups is 1. The average Bonchev–Trinajstić information content (AvgIpc) is 3.01. The predicted molar refractivity (Wildman–Crippen MR) is 88.2 cm³/mol. The maximum Gasteiger partial charge on any atom is 0.214 e. The Morgan fingerprint density at radius 3 is 2.82 bits per heavy atom. The van der Waals surface area contributed by atoms with E-state index in [1.807, 2.05) is 31.3 Å². The van der Waals surface area contributed by atoms with Crippen LogP contribution in [0.2, 0.25) is 0 Å². The van der Waals surface area contributed by atoms with Gasteiger partial charge in [-0.15, -0.1) is 0 Å². The summed E-state index contributed by atoms with van der Waals surface area (Å²) in [5.74, 6) is 1.03. The molecule has 0 radical (unpaired) electrons. The number of aryl methyl sites for hydroxylation is 1. The summed E-state index contributed by atoms with van der Waals surface area (Å²) in [6.45, 7) is 2.41. The van der Waals surface area contributed by atoms with Crippen molar-refractivity contribution in [2.24, 2.45) is 12.0 Å². The van der Waals surface area contributed by atoms with Crippen molar-refractivity contribution in [3.63, 3.8) is 0 Å². The van der Waals surface area contributed by atoms with Crippen LogP contribution in [0.4, 0.5) is 0 Å². The van der Waals surface area contributed by atoms with Gasteiger partial charge in [0.1, 0.15) is 0 Å². The van der Waals surface area contributed by atoms with E-state index in [9.17, 15) is 8.42 Å². The second kappa shape index (κ2) is 7.15. The van der Waals surface area contributed by atoms with Crippen LogP contribution in [0, 0.1) is 0 Å². The molecule has 0 spiro atoms. The summed E-state index contributed by atoms with van der Waals surface area (Å²) in [5.41, 5.74) is 1.19. The molecule has 22 heavy (non-hydrogen) atoms. The third-order valence-corrected chi connectivity index (χ3v) is 5.83. The molecule has 0 bridgehead atoms. The molecule has 0 aliphatic carbocycles. The summed E-state index contributed by atoms with van der Waals surface area (Å²) in [6, 6.07) is 4.08. The Hall–Kier alpha value is -1.54. The van der Waals surface area contributed by atoms with Crippen LogP contribution in [-0.2, 0) is 23.6 Å². The molecule has 1 aromatic heterocycles. The number of hydrogen-bond donors (Lipinski definition) is 1. The number of aromatic nitrogens is 1. The lowest BCUT2D eigenvalue weighted by Gasteiger charge is -2.23. The van der Waals surface area contributed by atoms with Gasteiger partial charge in [0, 0.05) is 52.7 Å². The van der Waals surface area contributed by atoms with Crippen LogP contribution >= 0.6 is 0 Å². The zero-order valence-corrected chi connectivity index (χ0v) is 14.3. The summed E-state index contributed by atoms with van der Waals surface area (Å²) in [4.78, 5) is 6.27. The molecule has 2 heterocycles. The highest BCUT2D eigenvalue weighted by Gasteiger charge is 2.27. The number of sulfonamides is 1. The van der Waals surface area contributed by atoms with Gasteiger partial charge in [-0.2, -0.15) is 0 Å². The van der Waals surface area contributed by atoms with Gasteiger partial charge < -0.3 is 14.8 Å². The number of rotatable bonds is 5. The molecule has 2 rings (SSSR count). The number of nitrogens with one attached hydrogen (secondary N) is 1. The van der Waals surface area contributed by atoms with Gasteiger partial charge in [0.2, 0.25) is 10.0 Å². The van der Waals surface area contributed by atoms with Gasteiger partial charge in [0.05, 0.1) is 12.3 Å². The zero-order chi connectivity index (χ0) is 16.2. The monoisotopic (exact) mass is 327 g/mol. The topological polar surface area (TPSA) is 69.9 Å². The molecule has 1 fully saturated rings. The lowest BCUT2D eigenvalue weighted by Crippen LogP contribution is -2.42. The van der Waals surface area contributed by atoms with Crippen molar-refractivity contribution in [2.75, 3.05) is 39.5 Å². The van der Waals surface area contributed by atoms with Crippen LogP contribution in [0.25, 0.3) is 0 Å². The quantitative estimate of drug-likeness (QED) is 0.614. The molecule has 8 heteroatoms. The molecule has 1 N–H and O–H groups in total. The number of hydrogen-bond acceptors (Lipinski definition) is 3. The molecule has 1 saturated heterocycles. The Balaban J connectivity index is 1.83. The van der Waals surface area contributed by atoms with Crippen molar-refractivity contribution in [3.05, 3.63) is 24.0 Å². The molecule has 7 nitrogen and oxygen atoms in total. The Morgan fingerprint density at radius 2 is 2.27 bits per heavy atom. The first-order chi connectivity index (χ1) is 10.4. The van der Waals surface area contributed by atoms with Gasteiger partial charge in [0.25, 0.3) is 0 Å². The molecule has 0 amide bonds. The van der Waals surface area contributed by atoms with Crippen molar-refractivity contribution in [2.45, 2.75) is 13.0 Å². The normalized spacial score (nSPS) is 18.6. The third-order valence-electron chi connectivity index (χ3n) is 3.87. The number of guanidine groups is 1. The Kier molecular flexibility index (Phi) is 5.47. The van der Waals surface area contributed by atoms with Crippen LogP contribution in [0.5, 0.6) is 0 Å². The largest absolute Gasteiger partial charge is 0.355 e. The molecule has 1 aromatic rings. The molecule has 1 aliphatic rings. The van der Waals surface area contributed by atoms with Gasteiger partial charge in [-0.25, -0.2) is 12.7 Å². The maximum atomic E-state index is 11.7. The Morgan fingerprint density at radius 1 is 1.50 bits per heavy atom. The van der Waals surface area contributed by atoms with Crippen molar-refractivity contribution in [3.8, 4) is 0 Å². The third kappa shape index (κ3) is 4.01. The summed E-state index contributed by atoms with van der Waals surface area (Å²) >= 11 is 0. The molecule has 0 unspecified atom stereocenters. The van der Waals surface area contributed by atoms with Gasteiger partial charge in [-0.1, -0.05) is 0 Å². The van der Waals surface area contributed by atoms with Crippen LogP contribution in [0.15, 0.2) is 23.3 Å². The fourth-order valence-electron chi connectivity index (χ4n) is 2.60. The predicted octanol–water partition coefficient (Wildman–Crippen LogP) is 0.0678. The first kappa shape index (κ1) is 16.8. The van der Waals surface area contributed by atoms with Crippen LogP contribution < -0.4 is 5.32 Å². The minimum absolute atomic E-state index is 0.273. The molecule has 0 atom stereocenters. The molecule has 1 aliphatic heterocycles. The Bertz CT molecular complexity index is 623. The van der Waals surface area contributed by atoms with E-state index in [1.54, 1.807) is 11.4 Å². The summed E-state index contributed by atoms with van der Waals surface area (Å²) in [5, 5.41) is 3.23. The highest BCUT2D eigenvalue weighted by Crippen LogP contribution is 2.11. The van der Waals surface area contributed by atoms with Crippen molar-refractivity contribution >= 4 is 16.0 Å². The van der Waals surface area contributed by atoms with E-state index in [0.29, 0.717) is 19.6 Å².